The normalized spacial score (nSPS) is 11.7. The van der Waals surface area contributed by atoms with Gasteiger partial charge < -0.3 is 0 Å². The third-order valence-corrected chi connectivity index (χ3v) is 4.25. The van der Waals surface area contributed by atoms with Crippen molar-refractivity contribution in [2.75, 3.05) is 0 Å². The molecule has 0 saturated carbocycles. The fourth-order valence-corrected chi connectivity index (χ4v) is 2.99. The second-order valence-corrected chi connectivity index (χ2v) is 6.13. The fraction of sp³-hybridized carbons (Fsp3) is 0.375. The number of hydrogen-bond acceptors (Lipinski definition) is 3. The summed E-state index contributed by atoms with van der Waals surface area (Å²) < 4.78 is 39.9. The number of aryl methyl sites for hydroxylation is 1. The standard InChI is InChI=1S/C16H17F3N2OS/c1-3-8-21-14(22)9-13(16(17,18)19)20-15(21)23-10-12-6-4-11(2)5-7-12/h4-7,9H,3,8,10H2,1-2H3. The summed E-state index contributed by atoms with van der Waals surface area (Å²) in [7, 11) is 0. The molecule has 0 aliphatic rings. The topological polar surface area (TPSA) is 34.9 Å². The van der Waals surface area contributed by atoms with E-state index in [0.717, 1.165) is 22.9 Å². The predicted octanol–water partition coefficient (Wildman–Crippen LogP) is 4.27. The van der Waals surface area contributed by atoms with E-state index in [9.17, 15) is 18.0 Å². The monoisotopic (exact) mass is 342 g/mol. The zero-order valence-electron chi connectivity index (χ0n) is 12.9. The van der Waals surface area contributed by atoms with Gasteiger partial charge in [0.25, 0.3) is 5.56 Å². The first-order chi connectivity index (χ1) is 10.8. The molecule has 7 heteroatoms. The van der Waals surface area contributed by atoms with Crippen molar-refractivity contribution >= 4 is 11.8 Å². The van der Waals surface area contributed by atoms with E-state index >= 15 is 0 Å². The van der Waals surface area contributed by atoms with Gasteiger partial charge in [0.2, 0.25) is 0 Å². The van der Waals surface area contributed by atoms with Crippen LogP contribution in [0.1, 0.15) is 30.2 Å². The van der Waals surface area contributed by atoms with Gasteiger partial charge in [0.05, 0.1) is 0 Å². The van der Waals surface area contributed by atoms with Gasteiger partial charge in [-0.15, -0.1) is 0 Å². The molecule has 0 spiro atoms. The van der Waals surface area contributed by atoms with Crippen LogP contribution in [-0.4, -0.2) is 9.55 Å². The molecule has 0 bridgehead atoms. The molecule has 2 aromatic rings. The Bertz CT molecular complexity index is 724. The van der Waals surface area contributed by atoms with E-state index in [1.54, 1.807) is 0 Å². The summed E-state index contributed by atoms with van der Waals surface area (Å²) >= 11 is 1.14. The quantitative estimate of drug-likeness (QED) is 0.601. The summed E-state index contributed by atoms with van der Waals surface area (Å²) in [6.45, 7) is 4.17. The maximum Gasteiger partial charge on any atom is 0.433 e. The Labute approximate surface area is 136 Å². The lowest BCUT2D eigenvalue weighted by atomic mass is 10.2. The van der Waals surface area contributed by atoms with Crippen molar-refractivity contribution in [1.82, 2.24) is 9.55 Å². The van der Waals surface area contributed by atoms with Gasteiger partial charge in [-0.05, 0) is 18.9 Å². The van der Waals surface area contributed by atoms with E-state index in [2.05, 4.69) is 4.98 Å². The summed E-state index contributed by atoms with van der Waals surface area (Å²) in [6.07, 6.45) is -3.98. The van der Waals surface area contributed by atoms with E-state index in [4.69, 9.17) is 0 Å². The summed E-state index contributed by atoms with van der Waals surface area (Å²) in [5.74, 6) is 0.456. The number of alkyl halides is 3. The van der Waals surface area contributed by atoms with E-state index in [-0.39, 0.29) is 5.16 Å². The Morgan fingerprint density at radius 3 is 2.43 bits per heavy atom. The third kappa shape index (κ3) is 4.60. The average molecular weight is 342 g/mol. The van der Waals surface area contributed by atoms with Gasteiger partial charge in [-0.2, -0.15) is 13.2 Å². The van der Waals surface area contributed by atoms with Crippen molar-refractivity contribution in [3.8, 4) is 0 Å². The Balaban J connectivity index is 2.32. The van der Waals surface area contributed by atoms with E-state index < -0.39 is 17.4 Å². The molecule has 3 nitrogen and oxygen atoms in total. The van der Waals surface area contributed by atoms with Crippen molar-refractivity contribution in [2.24, 2.45) is 0 Å². The molecular weight excluding hydrogens is 325 g/mol. The van der Waals surface area contributed by atoms with Gasteiger partial charge in [-0.25, -0.2) is 4.98 Å². The molecule has 0 N–H and O–H groups in total. The predicted molar refractivity (Wildman–Crippen MR) is 84.5 cm³/mol. The van der Waals surface area contributed by atoms with E-state index in [1.165, 1.54) is 4.57 Å². The van der Waals surface area contributed by atoms with Crippen LogP contribution in [0.2, 0.25) is 0 Å². The molecule has 1 aromatic carbocycles. The lowest BCUT2D eigenvalue weighted by Crippen LogP contribution is -2.26. The van der Waals surface area contributed by atoms with Crippen LogP contribution in [0, 0.1) is 6.92 Å². The molecule has 0 aliphatic carbocycles. The van der Waals surface area contributed by atoms with E-state index in [1.807, 2.05) is 38.1 Å². The molecule has 0 atom stereocenters. The highest BCUT2D eigenvalue weighted by atomic mass is 32.2. The van der Waals surface area contributed by atoms with Gasteiger partial charge in [0.1, 0.15) is 0 Å². The Kier molecular flexibility index (Phi) is 5.51. The molecule has 0 amide bonds. The number of halogens is 3. The second kappa shape index (κ2) is 7.21. The van der Waals surface area contributed by atoms with Crippen LogP contribution in [0.3, 0.4) is 0 Å². The number of rotatable bonds is 5. The van der Waals surface area contributed by atoms with Crippen molar-refractivity contribution in [2.45, 2.75) is 43.9 Å². The van der Waals surface area contributed by atoms with E-state index in [0.29, 0.717) is 24.8 Å². The van der Waals surface area contributed by atoms with Gasteiger partial charge >= 0.3 is 6.18 Å². The minimum atomic E-state index is -4.62. The lowest BCUT2D eigenvalue weighted by molar-refractivity contribution is -0.141. The van der Waals surface area contributed by atoms with Crippen LogP contribution in [0.4, 0.5) is 13.2 Å². The summed E-state index contributed by atoms with van der Waals surface area (Å²) in [5, 5.41) is 0.104. The Morgan fingerprint density at radius 1 is 1.22 bits per heavy atom. The molecule has 0 fully saturated rings. The third-order valence-electron chi connectivity index (χ3n) is 3.20. The first-order valence-corrected chi connectivity index (χ1v) is 8.17. The van der Waals surface area contributed by atoms with Crippen LogP contribution in [0.5, 0.6) is 0 Å². The maximum absolute atomic E-state index is 12.9. The molecule has 0 saturated heterocycles. The van der Waals surface area contributed by atoms with Gasteiger partial charge in [0, 0.05) is 18.4 Å². The fourth-order valence-electron chi connectivity index (χ4n) is 2.00. The Morgan fingerprint density at radius 2 is 1.87 bits per heavy atom. The van der Waals surface area contributed by atoms with Crippen LogP contribution in [0.15, 0.2) is 40.3 Å². The SMILES string of the molecule is CCCn1c(SCc2ccc(C)cc2)nc(C(F)(F)F)cc1=O. The van der Waals surface area contributed by atoms with Gasteiger partial charge in [-0.3, -0.25) is 9.36 Å². The summed E-state index contributed by atoms with van der Waals surface area (Å²) in [6, 6.07) is 8.27. The first-order valence-electron chi connectivity index (χ1n) is 7.18. The number of nitrogens with zero attached hydrogens (tertiary/aromatic N) is 2. The first kappa shape index (κ1) is 17.6. The van der Waals surface area contributed by atoms with Crippen molar-refractivity contribution in [3.63, 3.8) is 0 Å². The van der Waals surface area contributed by atoms with Crippen molar-refractivity contribution < 1.29 is 13.2 Å². The largest absolute Gasteiger partial charge is 0.433 e. The zero-order chi connectivity index (χ0) is 17.0. The lowest BCUT2D eigenvalue weighted by Gasteiger charge is -2.13. The summed E-state index contributed by atoms with van der Waals surface area (Å²) in [5.41, 5.74) is 0.274. The maximum atomic E-state index is 12.9. The highest BCUT2D eigenvalue weighted by molar-refractivity contribution is 7.98. The smallest absolute Gasteiger partial charge is 0.288 e. The van der Waals surface area contributed by atoms with Crippen LogP contribution < -0.4 is 5.56 Å². The van der Waals surface area contributed by atoms with Gasteiger partial charge in [0.15, 0.2) is 10.9 Å². The van der Waals surface area contributed by atoms with Crippen LogP contribution in [-0.2, 0) is 18.5 Å². The molecule has 1 heterocycles. The van der Waals surface area contributed by atoms with Crippen molar-refractivity contribution in [3.05, 3.63) is 57.5 Å². The van der Waals surface area contributed by atoms with Gasteiger partial charge in [-0.1, -0.05) is 48.5 Å². The number of thioether (sulfide) groups is 1. The van der Waals surface area contributed by atoms with Crippen LogP contribution in [0.25, 0.3) is 0 Å². The molecule has 0 aliphatic heterocycles. The minimum Gasteiger partial charge on any atom is -0.288 e. The highest BCUT2D eigenvalue weighted by Gasteiger charge is 2.34. The zero-order valence-corrected chi connectivity index (χ0v) is 13.7. The highest BCUT2D eigenvalue weighted by Crippen LogP contribution is 2.29. The Hall–Kier alpha value is -1.76. The minimum absolute atomic E-state index is 0.104. The molecule has 1 aromatic heterocycles. The molecule has 23 heavy (non-hydrogen) atoms. The molecular formula is C16H17F3N2OS. The molecule has 124 valence electrons. The molecule has 0 unspecified atom stereocenters. The number of benzene rings is 1. The molecule has 0 radical (unpaired) electrons. The molecule has 2 rings (SSSR count). The number of aromatic nitrogens is 2. The summed E-state index contributed by atoms with van der Waals surface area (Å²) in [4.78, 5) is 15.6. The second-order valence-electron chi connectivity index (χ2n) is 5.19. The average Bonchev–Trinajstić information content (AvgIpc) is 2.48. The van der Waals surface area contributed by atoms with Crippen LogP contribution >= 0.6 is 11.8 Å². The number of hydrogen-bond donors (Lipinski definition) is 0. The van der Waals surface area contributed by atoms with Crippen molar-refractivity contribution in [1.29, 1.82) is 0 Å².